The van der Waals surface area contributed by atoms with E-state index in [2.05, 4.69) is 26.4 Å². The summed E-state index contributed by atoms with van der Waals surface area (Å²) in [6.07, 6.45) is 0.875. The monoisotopic (exact) mass is 365 g/mol. The number of rotatable bonds is 5. The van der Waals surface area contributed by atoms with E-state index in [9.17, 15) is 4.79 Å². The Morgan fingerprint density at radius 2 is 2.18 bits per heavy atom. The summed E-state index contributed by atoms with van der Waals surface area (Å²) in [5.41, 5.74) is 1.07. The Morgan fingerprint density at radius 1 is 1.45 bits per heavy atom. The number of carbonyl (C=O) groups excluding carboxylic acids is 1. The third-order valence-corrected chi connectivity index (χ3v) is 4.13. The Morgan fingerprint density at radius 3 is 2.77 bits per heavy atom. The third-order valence-electron chi connectivity index (χ3n) is 3.41. The molecule has 0 bridgehead atoms. The fourth-order valence-electron chi connectivity index (χ4n) is 2.30. The highest BCUT2D eigenvalue weighted by Gasteiger charge is 2.23. The van der Waals surface area contributed by atoms with Crippen molar-refractivity contribution in [2.24, 2.45) is 0 Å². The number of benzene rings is 1. The molecule has 0 radical (unpaired) electrons. The zero-order valence-electron chi connectivity index (χ0n) is 13.0. The molecule has 118 valence electrons. The molecule has 1 aromatic heterocycles. The van der Waals surface area contributed by atoms with Crippen LogP contribution in [-0.4, -0.2) is 22.6 Å². The minimum atomic E-state index is -0.182. The van der Waals surface area contributed by atoms with Crippen LogP contribution in [0.1, 0.15) is 37.6 Å². The van der Waals surface area contributed by atoms with E-state index >= 15 is 0 Å². The van der Waals surface area contributed by atoms with Gasteiger partial charge >= 0.3 is 6.03 Å². The first-order valence-corrected chi connectivity index (χ1v) is 8.07. The zero-order valence-corrected chi connectivity index (χ0v) is 14.6. The van der Waals surface area contributed by atoms with Gasteiger partial charge in [0.25, 0.3) is 0 Å². The molecule has 0 saturated heterocycles. The molecule has 2 amide bonds. The summed E-state index contributed by atoms with van der Waals surface area (Å²) in [5.74, 6) is 1.10. The van der Waals surface area contributed by atoms with E-state index in [1.54, 1.807) is 17.9 Å². The first-order valence-electron chi connectivity index (χ1n) is 7.28. The van der Waals surface area contributed by atoms with Gasteiger partial charge in [-0.25, -0.2) is 4.79 Å². The van der Waals surface area contributed by atoms with E-state index in [0.717, 1.165) is 16.5 Å². The second kappa shape index (κ2) is 7.45. The minimum absolute atomic E-state index is 0.0523. The highest BCUT2D eigenvalue weighted by molar-refractivity contribution is 9.10. The summed E-state index contributed by atoms with van der Waals surface area (Å²) >= 11 is 3.55. The van der Waals surface area contributed by atoms with E-state index in [-0.39, 0.29) is 12.1 Å². The van der Waals surface area contributed by atoms with Crippen molar-refractivity contribution in [2.75, 3.05) is 11.9 Å². The van der Waals surface area contributed by atoms with E-state index < -0.39 is 0 Å². The maximum atomic E-state index is 12.6. The lowest BCUT2D eigenvalue weighted by Gasteiger charge is -2.29. The molecule has 0 aliphatic rings. The largest absolute Gasteiger partial charge is 0.360 e. The molecule has 2 rings (SSSR count). The average Bonchev–Trinajstić information content (AvgIpc) is 2.89. The summed E-state index contributed by atoms with van der Waals surface area (Å²) in [5, 5.41) is 6.59. The van der Waals surface area contributed by atoms with Crippen molar-refractivity contribution in [3.63, 3.8) is 0 Å². The normalized spacial score (nSPS) is 12.0. The molecule has 5 nitrogen and oxygen atoms in total. The number of urea groups is 1. The number of nitrogens with zero attached hydrogens (tertiary/aromatic N) is 2. The molecule has 6 heteroatoms. The van der Waals surface area contributed by atoms with Crippen molar-refractivity contribution in [3.8, 4) is 0 Å². The lowest BCUT2D eigenvalue weighted by Crippen LogP contribution is -2.37. The quantitative estimate of drug-likeness (QED) is 0.831. The fraction of sp³-hybridized carbons (Fsp3) is 0.375. The Kier molecular flexibility index (Phi) is 5.60. The molecule has 2 aromatic rings. The van der Waals surface area contributed by atoms with Crippen LogP contribution in [0.4, 0.5) is 10.6 Å². The second-order valence-corrected chi connectivity index (χ2v) is 6.00. The van der Waals surface area contributed by atoms with Gasteiger partial charge in [0.2, 0.25) is 0 Å². The van der Waals surface area contributed by atoms with Crippen LogP contribution in [0.5, 0.6) is 0 Å². The van der Waals surface area contributed by atoms with Crippen LogP contribution in [0, 0.1) is 6.92 Å². The van der Waals surface area contributed by atoms with Gasteiger partial charge in [-0.05, 0) is 31.9 Å². The van der Waals surface area contributed by atoms with Gasteiger partial charge in [0, 0.05) is 17.1 Å². The lowest BCUT2D eigenvalue weighted by molar-refractivity contribution is 0.192. The topological polar surface area (TPSA) is 58.4 Å². The molecule has 0 fully saturated rings. The molecular weight excluding hydrogens is 346 g/mol. The number of halogens is 1. The Bertz CT molecular complexity index is 642. The van der Waals surface area contributed by atoms with Gasteiger partial charge in [-0.3, -0.25) is 5.32 Å². The van der Waals surface area contributed by atoms with Crippen molar-refractivity contribution >= 4 is 27.8 Å². The number of nitrogens with one attached hydrogen (secondary N) is 1. The van der Waals surface area contributed by atoms with Crippen molar-refractivity contribution < 1.29 is 9.32 Å². The summed E-state index contributed by atoms with van der Waals surface area (Å²) in [6.45, 7) is 6.51. The summed E-state index contributed by atoms with van der Waals surface area (Å²) in [4.78, 5) is 14.4. The van der Waals surface area contributed by atoms with Crippen LogP contribution in [0.15, 0.2) is 39.3 Å². The zero-order chi connectivity index (χ0) is 16.1. The van der Waals surface area contributed by atoms with E-state index in [1.165, 1.54) is 0 Å². The fourth-order valence-corrected chi connectivity index (χ4v) is 2.92. The lowest BCUT2D eigenvalue weighted by atomic mass is 10.1. The standard InChI is InChI=1S/C16H20BrN3O2/c1-4-9-20(12(3)13-7-5-6-8-14(13)17)16(21)18-15-10-11(2)22-19-15/h5-8,10,12H,4,9H2,1-3H3,(H,18,19,21). The number of amides is 2. The van der Waals surface area contributed by atoms with E-state index in [1.807, 2.05) is 38.1 Å². The summed E-state index contributed by atoms with van der Waals surface area (Å²) in [7, 11) is 0. The van der Waals surface area contributed by atoms with Crippen molar-refractivity contribution in [2.45, 2.75) is 33.2 Å². The van der Waals surface area contributed by atoms with E-state index in [4.69, 9.17) is 4.52 Å². The Hall–Kier alpha value is -1.82. The number of hydrogen-bond acceptors (Lipinski definition) is 3. The molecule has 22 heavy (non-hydrogen) atoms. The Labute approximate surface area is 138 Å². The maximum Gasteiger partial charge on any atom is 0.323 e. The van der Waals surface area contributed by atoms with Gasteiger partial charge in [0.1, 0.15) is 5.76 Å². The summed E-state index contributed by atoms with van der Waals surface area (Å²) in [6, 6.07) is 9.40. The molecular formula is C16H20BrN3O2. The number of aromatic nitrogens is 1. The number of anilines is 1. The van der Waals surface area contributed by atoms with Crippen molar-refractivity contribution in [1.82, 2.24) is 10.1 Å². The molecule has 0 aliphatic heterocycles. The first kappa shape index (κ1) is 16.5. The number of aryl methyl sites for hydroxylation is 1. The second-order valence-electron chi connectivity index (χ2n) is 5.14. The highest BCUT2D eigenvalue weighted by Crippen LogP contribution is 2.28. The predicted octanol–water partition coefficient (Wildman–Crippen LogP) is 4.75. The molecule has 1 N–H and O–H groups in total. The highest BCUT2D eigenvalue weighted by atomic mass is 79.9. The molecule has 0 saturated carbocycles. The van der Waals surface area contributed by atoms with Crippen LogP contribution >= 0.6 is 15.9 Å². The molecule has 1 atom stereocenters. The van der Waals surface area contributed by atoms with Crippen LogP contribution < -0.4 is 5.32 Å². The molecule has 1 heterocycles. The van der Waals surface area contributed by atoms with Gasteiger partial charge in [0.05, 0.1) is 6.04 Å². The maximum absolute atomic E-state index is 12.6. The van der Waals surface area contributed by atoms with Crippen LogP contribution in [0.25, 0.3) is 0 Å². The van der Waals surface area contributed by atoms with Gasteiger partial charge in [-0.15, -0.1) is 0 Å². The predicted molar refractivity (Wildman–Crippen MR) is 89.8 cm³/mol. The smallest absolute Gasteiger partial charge is 0.323 e. The summed E-state index contributed by atoms with van der Waals surface area (Å²) < 4.78 is 5.97. The van der Waals surface area contributed by atoms with Gasteiger partial charge < -0.3 is 9.42 Å². The molecule has 1 aromatic carbocycles. The van der Waals surface area contributed by atoms with Crippen molar-refractivity contribution in [3.05, 3.63) is 46.1 Å². The van der Waals surface area contributed by atoms with Crippen LogP contribution in [-0.2, 0) is 0 Å². The first-order chi connectivity index (χ1) is 10.5. The third kappa shape index (κ3) is 3.88. The van der Waals surface area contributed by atoms with Crippen LogP contribution in [0.3, 0.4) is 0 Å². The Balaban J connectivity index is 2.18. The SMILES string of the molecule is CCCN(C(=O)Nc1cc(C)on1)C(C)c1ccccc1Br. The molecule has 0 aliphatic carbocycles. The van der Waals surface area contributed by atoms with Gasteiger partial charge in [-0.2, -0.15) is 0 Å². The van der Waals surface area contributed by atoms with Gasteiger partial charge in [0.15, 0.2) is 5.82 Å². The molecule has 0 spiro atoms. The minimum Gasteiger partial charge on any atom is -0.360 e. The van der Waals surface area contributed by atoms with Crippen LogP contribution in [0.2, 0.25) is 0 Å². The van der Waals surface area contributed by atoms with E-state index in [0.29, 0.717) is 18.1 Å². The van der Waals surface area contributed by atoms with Gasteiger partial charge in [-0.1, -0.05) is 46.2 Å². The average molecular weight is 366 g/mol. The number of carbonyl (C=O) groups is 1. The molecule has 1 unspecified atom stereocenters. The van der Waals surface area contributed by atoms with Crippen molar-refractivity contribution in [1.29, 1.82) is 0 Å². The number of hydrogen-bond donors (Lipinski definition) is 1.